The molecule has 4 N–H and O–H groups in total. The molecule has 1 aliphatic rings. The lowest BCUT2D eigenvalue weighted by Gasteiger charge is -2.09. The fraction of sp³-hybridized carbons (Fsp3) is 0.600. The molecular formula is C10H16N2O. The van der Waals surface area contributed by atoms with Crippen LogP contribution in [0.15, 0.2) is 6.07 Å². The molecule has 0 fully saturated rings. The first-order chi connectivity index (χ1) is 6.31. The van der Waals surface area contributed by atoms with Crippen molar-refractivity contribution < 1.29 is 5.11 Å². The first-order valence-corrected chi connectivity index (χ1v) is 4.88. The van der Waals surface area contributed by atoms with Gasteiger partial charge in [-0.25, -0.2) is 0 Å². The molecule has 1 aromatic heterocycles. The minimum atomic E-state index is -0.245. The van der Waals surface area contributed by atoms with E-state index in [-0.39, 0.29) is 12.6 Å². The summed E-state index contributed by atoms with van der Waals surface area (Å²) in [5.41, 5.74) is 9.42. The number of aromatic amines is 1. The highest BCUT2D eigenvalue weighted by Crippen LogP contribution is 2.23. The molecule has 1 atom stereocenters. The maximum Gasteiger partial charge on any atom is 0.0682 e. The van der Waals surface area contributed by atoms with Gasteiger partial charge in [0.25, 0.3) is 0 Å². The molecule has 3 nitrogen and oxygen atoms in total. The highest BCUT2D eigenvalue weighted by atomic mass is 16.3. The number of fused-ring (bicyclic) bond motifs is 1. The normalized spacial score (nSPS) is 18.3. The Balaban J connectivity index is 2.25. The van der Waals surface area contributed by atoms with E-state index in [0.29, 0.717) is 0 Å². The van der Waals surface area contributed by atoms with Crippen molar-refractivity contribution in [1.82, 2.24) is 4.98 Å². The topological polar surface area (TPSA) is 62.0 Å². The summed E-state index contributed by atoms with van der Waals surface area (Å²) in [7, 11) is 0. The molecular weight excluding hydrogens is 164 g/mol. The standard InChI is InChI=1S/C10H16N2O/c11-8(6-13)10-5-7-3-1-2-4-9(7)12-10/h5,8,12-13H,1-4,6,11H2. The van der Waals surface area contributed by atoms with Gasteiger partial charge < -0.3 is 15.8 Å². The van der Waals surface area contributed by atoms with E-state index in [2.05, 4.69) is 11.1 Å². The third kappa shape index (κ3) is 1.62. The largest absolute Gasteiger partial charge is 0.394 e. The fourth-order valence-corrected chi connectivity index (χ4v) is 1.93. The zero-order valence-corrected chi connectivity index (χ0v) is 7.71. The monoisotopic (exact) mass is 180 g/mol. The summed E-state index contributed by atoms with van der Waals surface area (Å²) in [5, 5.41) is 8.90. The Bertz CT molecular complexity index is 270. The van der Waals surface area contributed by atoms with Crippen LogP contribution in [0.1, 0.15) is 35.8 Å². The Morgan fingerprint density at radius 1 is 1.46 bits per heavy atom. The van der Waals surface area contributed by atoms with Crippen molar-refractivity contribution in [2.24, 2.45) is 5.73 Å². The number of nitrogens with one attached hydrogen (secondary N) is 1. The molecule has 1 aromatic rings. The molecule has 0 saturated carbocycles. The van der Waals surface area contributed by atoms with Crippen molar-refractivity contribution in [2.75, 3.05) is 6.61 Å². The minimum absolute atomic E-state index is 0.0133. The quantitative estimate of drug-likeness (QED) is 0.633. The van der Waals surface area contributed by atoms with Crippen molar-refractivity contribution in [1.29, 1.82) is 0 Å². The highest BCUT2D eigenvalue weighted by Gasteiger charge is 2.15. The van der Waals surface area contributed by atoms with Gasteiger partial charge in [-0.05, 0) is 37.3 Å². The maximum absolute atomic E-state index is 8.90. The van der Waals surface area contributed by atoms with Crippen LogP contribution in [0.5, 0.6) is 0 Å². The Labute approximate surface area is 78.0 Å². The van der Waals surface area contributed by atoms with Gasteiger partial charge in [0.1, 0.15) is 0 Å². The molecule has 0 aromatic carbocycles. The summed E-state index contributed by atoms with van der Waals surface area (Å²) in [5.74, 6) is 0. The van der Waals surface area contributed by atoms with Crippen molar-refractivity contribution in [3.05, 3.63) is 23.0 Å². The maximum atomic E-state index is 8.90. The van der Waals surface area contributed by atoms with Gasteiger partial charge in [0.05, 0.1) is 12.6 Å². The molecule has 3 heteroatoms. The Morgan fingerprint density at radius 3 is 2.92 bits per heavy atom. The first kappa shape index (κ1) is 8.78. The molecule has 1 aliphatic carbocycles. The van der Waals surface area contributed by atoms with Crippen molar-refractivity contribution in [3.63, 3.8) is 0 Å². The summed E-state index contributed by atoms with van der Waals surface area (Å²) >= 11 is 0. The summed E-state index contributed by atoms with van der Waals surface area (Å²) in [6, 6.07) is 1.86. The van der Waals surface area contributed by atoms with Crippen LogP contribution in [0.3, 0.4) is 0 Å². The first-order valence-electron chi connectivity index (χ1n) is 4.88. The van der Waals surface area contributed by atoms with Gasteiger partial charge in [-0.15, -0.1) is 0 Å². The lowest BCUT2D eigenvalue weighted by atomic mass is 9.98. The van der Waals surface area contributed by atoms with Gasteiger partial charge in [0.2, 0.25) is 0 Å². The number of rotatable bonds is 2. The second-order valence-electron chi connectivity index (χ2n) is 3.72. The highest BCUT2D eigenvalue weighted by molar-refractivity contribution is 5.29. The second kappa shape index (κ2) is 3.52. The number of hydrogen-bond donors (Lipinski definition) is 3. The molecule has 72 valence electrons. The van der Waals surface area contributed by atoms with E-state index >= 15 is 0 Å². The number of hydrogen-bond acceptors (Lipinski definition) is 2. The third-order valence-electron chi connectivity index (χ3n) is 2.73. The minimum Gasteiger partial charge on any atom is -0.394 e. The Hall–Kier alpha value is -0.800. The summed E-state index contributed by atoms with van der Waals surface area (Å²) in [6.07, 6.45) is 4.83. The molecule has 1 heterocycles. The zero-order valence-electron chi connectivity index (χ0n) is 7.71. The average Bonchev–Trinajstić information content (AvgIpc) is 2.59. The number of aliphatic hydroxyl groups excluding tert-OH is 1. The number of aliphatic hydroxyl groups is 1. The Morgan fingerprint density at radius 2 is 2.23 bits per heavy atom. The molecule has 1 unspecified atom stereocenters. The number of H-pyrrole nitrogens is 1. The van der Waals surface area contributed by atoms with Crippen molar-refractivity contribution in [3.8, 4) is 0 Å². The number of nitrogens with two attached hydrogens (primary N) is 1. The molecule has 0 radical (unpaired) electrons. The van der Waals surface area contributed by atoms with Crippen LogP contribution >= 0.6 is 0 Å². The summed E-state index contributed by atoms with van der Waals surface area (Å²) < 4.78 is 0. The second-order valence-corrected chi connectivity index (χ2v) is 3.72. The van der Waals surface area contributed by atoms with E-state index in [4.69, 9.17) is 10.8 Å². The molecule has 0 amide bonds. The van der Waals surface area contributed by atoms with Gasteiger partial charge in [0.15, 0.2) is 0 Å². The van der Waals surface area contributed by atoms with E-state index < -0.39 is 0 Å². The van der Waals surface area contributed by atoms with Crippen molar-refractivity contribution in [2.45, 2.75) is 31.7 Å². The van der Waals surface area contributed by atoms with Crippen molar-refractivity contribution >= 4 is 0 Å². The van der Waals surface area contributed by atoms with Crippen LogP contribution in [0, 0.1) is 0 Å². The van der Waals surface area contributed by atoms with Crippen LogP contribution in [0.4, 0.5) is 0 Å². The van der Waals surface area contributed by atoms with E-state index in [0.717, 1.165) is 18.5 Å². The molecule has 2 rings (SSSR count). The predicted molar refractivity (Wildman–Crippen MR) is 51.4 cm³/mol. The van der Waals surface area contributed by atoms with Crippen LogP contribution in [0.2, 0.25) is 0 Å². The lowest BCUT2D eigenvalue weighted by Crippen LogP contribution is -2.14. The molecule has 0 aliphatic heterocycles. The van der Waals surface area contributed by atoms with E-state index in [1.54, 1.807) is 0 Å². The number of aryl methyl sites for hydroxylation is 2. The van der Waals surface area contributed by atoms with E-state index in [1.807, 2.05) is 0 Å². The van der Waals surface area contributed by atoms with Crippen LogP contribution in [0.25, 0.3) is 0 Å². The molecule has 0 bridgehead atoms. The van der Waals surface area contributed by atoms with Gasteiger partial charge in [-0.1, -0.05) is 0 Å². The number of aromatic nitrogens is 1. The average molecular weight is 180 g/mol. The SMILES string of the molecule is NC(CO)c1cc2c([nH]1)CCCC2. The van der Waals surface area contributed by atoms with Crippen LogP contribution in [-0.2, 0) is 12.8 Å². The summed E-state index contributed by atoms with van der Waals surface area (Å²) in [6.45, 7) is 0.0133. The lowest BCUT2D eigenvalue weighted by molar-refractivity contribution is 0.266. The van der Waals surface area contributed by atoms with Gasteiger partial charge in [-0.3, -0.25) is 0 Å². The molecule has 13 heavy (non-hydrogen) atoms. The smallest absolute Gasteiger partial charge is 0.0682 e. The fourth-order valence-electron chi connectivity index (χ4n) is 1.93. The van der Waals surface area contributed by atoms with E-state index in [9.17, 15) is 0 Å². The zero-order chi connectivity index (χ0) is 9.26. The Kier molecular flexibility index (Phi) is 2.38. The van der Waals surface area contributed by atoms with Gasteiger partial charge in [-0.2, -0.15) is 0 Å². The molecule has 0 saturated heterocycles. The van der Waals surface area contributed by atoms with Gasteiger partial charge >= 0.3 is 0 Å². The van der Waals surface area contributed by atoms with Crippen LogP contribution < -0.4 is 5.73 Å². The van der Waals surface area contributed by atoms with Crippen LogP contribution in [-0.4, -0.2) is 16.7 Å². The predicted octanol–water partition coefficient (Wildman–Crippen LogP) is 0.886. The summed E-state index contributed by atoms with van der Waals surface area (Å²) in [4.78, 5) is 3.30. The third-order valence-corrected chi connectivity index (χ3v) is 2.73. The van der Waals surface area contributed by atoms with Gasteiger partial charge in [0, 0.05) is 11.4 Å². The van der Waals surface area contributed by atoms with E-state index in [1.165, 1.54) is 24.1 Å². The molecule has 0 spiro atoms.